The van der Waals surface area contributed by atoms with Crippen molar-refractivity contribution in [3.8, 4) is 17.2 Å². The van der Waals surface area contributed by atoms with Crippen LogP contribution in [-0.4, -0.2) is 54.6 Å². The van der Waals surface area contributed by atoms with Gasteiger partial charge in [0.15, 0.2) is 11.5 Å². The number of aromatic nitrogens is 1. The van der Waals surface area contributed by atoms with Gasteiger partial charge in [-0.05, 0) is 64.9 Å². The van der Waals surface area contributed by atoms with E-state index in [9.17, 15) is 14.7 Å². The van der Waals surface area contributed by atoms with Gasteiger partial charge in [0.1, 0.15) is 11.5 Å². The summed E-state index contributed by atoms with van der Waals surface area (Å²) in [7, 11) is 4.64. The number of ketones is 1. The zero-order valence-corrected chi connectivity index (χ0v) is 24.8. The monoisotopic (exact) mass is 568 g/mol. The predicted molar refractivity (Wildman–Crippen MR) is 162 cm³/mol. The average molecular weight is 569 g/mol. The Morgan fingerprint density at radius 3 is 2.26 bits per heavy atom. The Morgan fingerprint density at radius 1 is 0.905 bits per heavy atom. The molecule has 218 valence electrons. The number of rotatable bonds is 8. The summed E-state index contributed by atoms with van der Waals surface area (Å²) in [6.07, 6.45) is 2.41. The molecule has 5 rings (SSSR count). The molecular weight excluding hydrogens is 532 g/mol. The first kappa shape index (κ1) is 28.8. The molecule has 8 heteroatoms. The second-order valence-corrected chi connectivity index (χ2v) is 11.4. The molecule has 42 heavy (non-hydrogen) atoms. The molecule has 1 saturated heterocycles. The SMILES string of the molecule is COc1ccc2[nH]cc(CCN3C(=O)C(=O)/C(=C(\O)c4ccc(OC)c(OC)c4)C3c3ccc(C(C)(C)C)cc3)c2c1. The number of aliphatic hydroxyl groups excluding tert-OH is 1. The Labute approximate surface area is 245 Å². The number of aromatic amines is 1. The van der Waals surface area contributed by atoms with Gasteiger partial charge in [0, 0.05) is 29.2 Å². The standard InChI is InChI=1S/C34H36N2O6/c1-34(2,3)23-10-7-20(8-11-23)30-29(31(37)21-9-14-27(41-5)28(17-21)42-6)32(38)33(39)36(30)16-15-22-19-35-26-13-12-24(40-4)18-25(22)26/h7-14,17-19,30,35,37H,15-16H2,1-6H3/b31-29-. The number of carbonyl (C=O) groups is 2. The Morgan fingerprint density at radius 2 is 1.62 bits per heavy atom. The first-order chi connectivity index (χ1) is 20.1. The number of aliphatic hydroxyl groups is 1. The molecule has 1 fully saturated rings. The fraction of sp³-hybridized carbons (Fsp3) is 0.294. The second-order valence-electron chi connectivity index (χ2n) is 11.4. The maximum atomic E-state index is 13.6. The fourth-order valence-corrected chi connectivity index (χ4v) is 5.49. The highest BCUT2D eigenvalue weighted by molar-refractivity contribution is 6.46. The lowest BCUT2D eigenvalue weighted by atomic mass is 9.85. The van der Waals surface area contributed by atoms with Gasteiger partial charge in [0.2, 0.25) is 0 Å². The maximum absolute atomic E-state index is 13.6. The van der Waals surface area contributed by atoms with Crippen LogP contribution in [0.25, 0.3) is 16.7 Å². The molecule has 1 amide bonds. The fourth-order valence-electron chi connectivity index (χ4n) is 5.49. The van der Waals surface area contributed by atoms with Crippen LogP contribution in [0.2, 0.25) is 0 Å². The van der Waals surface area contributed by atoms with Gasteiger partial charge in [-0.25, -0.2) is 0 Å². The van der Waals surface area contributed by atoms with E-state index < -0.39 is 17.7 Å². The summed E-state index contributed by atoms with van der Waals surface area (Å²) >= 11 is 0. The van der Waals surface area contributed by atoms with E-state index in [2.05, 4.69) is 25.8 Å². The first-order valence-corrected chi connectivity index (χ1v) is 13.8. The highest BCUT2D eigenvalue weighted by Gasteiger charge is 2.46. The van der Waals surface area contributed by atoms with Crippen LogP contribution >= 0.6 is 0 Å². The minimum absolute atomic E-state index is 0.0383. The zero-order chi connectivity index (χ0) is 30.2. The van der Waals surface area contributed by atoms with Gasteiger partial charge >= 0.3 is 0 Å². The van der Waals surface area contributed by atoms with E-state index in [1.807, 2.05) is 48.7 Å². The number of Topliss-reactive ketones (excluding diaryl/α,β-unsaturated/α-hetero) is 1. The lowest BCUT2D eigenvalue weighted by Crippen LogP contribution is -2.31. The summed E-state index contributed by atoms with van der Waals surface area (Å²) in [5, 5.41) is 12.5. The summed E-state index contributed by atoms with van der Waals surface area (Å²) in [4.78, 5) is 32.0. The van der Waals surface area contributed by atoms with Gasteiger partial charge in [-0.3, -0.25) is 9.59 Å². The zero-order valence-electron chi connectivity index (χ0n) is 24.8. The van der Waals surface area contributed by atoms with Gasteiger partial charge in [0.25, 0.3) is 11.7 Å². The molecule has 3 aromatic carbocycles. The van der Waals surface area contributed by atoms with Crippen molar-refractivity contribution in [1.82, 2.24) is 9.88 Å². The number of fused-ring (bicyclic) bond motifs is 1. The molecule has 4 aromatic rings. The maximum Gasteiger partial charge on any atom is 0.295 e. The van der Waals surface area contributed by atoms with Crippen LogP contribution < -0.4 is 14.2 Å². The lowest BCUT2D eigenvalue weighted by Gasteiger charge is -2.26. The molecule has 1 aromatic heterocycles. The van der Waals surface area contributed by atoms with Crippen LogP contribution in [0.3, 0.4) is 0 Å². The van der Waals surface area contributed by atoms with E-state index in [1.54, 1.807) is 30.2 Å². The first-order valence-electron chi connectivity index (χ1n) is 13.8. The van der Waals surface area contributed by atoms with Crippen molar-refractivity contribution < 1.29 is 28.9 Å². The number of carbonyl (C=O) groups excluding carboxylic acids is 2. The van der Waals surface area contributed by atoms with Crippen molar-refractivity contribution in [2.45, 2.75) is 38.6 Å². The molecule has 1 unspecified atom stereocenters. The third-order valence-electron chi connectivity index (χ3n) is 7.89. The third kappa shape index (κ3) is 5.20. The van der Waals surface area contributed by atoms with Gasteiger partial charge in [0.05, 0.1) is 32.9 Å². The topological polar surface area (TPSA) is 101 Å². The summed E-state index contributed by atoms with van der Waals surface area (Å²) in [5.74, 6) is -0.0286. The molecule has 0 radical (unpaired) electrons. The Kier molecular flexibility index (Phi) is 7.73. The van der Waals surface area contributed by atoms with Crippen molar-refractivity contribution in [2.24, 2.45) is 0 Å². The van der Waals surface area contributed by atoms with Crippen LogP contribution in [-0.2, 0) is 21.4 Å². The summed E-state index contributed by atoms with van der Waals surface area (Å²) in [6, 6.07) is 17.8. The largest absolute Gasteiger partial charge is 0.507 e. The minimum atomic E-state index is -0.771. The van der Waals surface area contributed by atoms with E-state index >= 15 is 0 Å². The molecule has 8 nitrogen and oxygen atoms in total. The minimum Gasteiger partial charge on any atom is -0.507 e. The number of likely N-dealkylation sites (tertiary alicyclic amines) is 1. The molecule has 1 atom stereocenters. The highest BCUT2D eigenvalue weighted by Crippen LogP contribution is 2.41. The van der Waals surface area contributed by atoms with Crippen molar-refractivity contribution in [1.29, 1.82) is 0 Å². The van der Waals surface area contributed by atoms with Crippen LogP contribution in [0.1, 0.15) is 49.1 Å². The number of methoxy groups -OCH3 is 3. The summed E-state index contributed by atoms with van der Waals surface area (Å²) < 4.78 is 16.1. The molecule has 1 aliphatic heterocycles. The molecule has 0 spiro atoms. The highest BCUT2D eigenvalue weighted by atomic mass is 16.5. The Balaban J connectivity index is 1.58. The number of nitrogens with zero attached hydrogens (tertiary/aromatic N) is 1. The lowest BCUT2D eigenvalue weighted by molar-refractivity contribution is -0.139. The number of ether oxygens (including phenoxy) is 3. The van der Waals surface area contributed by atoms with Crippen LogP contribution in [0, 0.1) is 0 Å². The van der Waals surface area contributed by atoms with Gasteiger partial charge < -0.3 is 29.2 Å². The van der Waals surface area contributed by atoms with Gasteiger partial charge in [-0.1, -0.05) is 45.0 Å². The molecular formula is C34H36N2O6. The van der Waals surface area contributed by atoms with E-state index in [0.717, 1.165) is 33.3 Å². The second kappa shape index (κ2) is 11.3. The molecule has 0 aliphatic carbocycles. The molecule has 2 heterocycles. The number of benzene rings is 3. The number of H-pyrrole nitrogens is 1. The number of hydrogen-bond acceptors (Lipinski definition) is 6. The Bertz CT molecular complexity index is 1680. The van der Waals surface area contributed by atoms with Crippen LogP contribution in [0.5, 0.6) is 17.2 Å². The van der Waals surface area contributed by atoms with Crippen molar-refractivity contribution in [3.05, 3.63) is 94.7 Å². The van der Waals surface area contributed by atoms with Crippen molar-refractivity contribution in [3.63, 3.8) is 0 Å². The van der Waals surface area contributed by atoms with E-state index in [-0.39, 0.29) is 23.3 Å². The molecule has 0 bridgehead atoms. The van der Waals surface area contributed by atoms with Crippen LogP contribution in [0.15, 0.2) is 72.4 Å². The van der Waals surface area contributed by atoms with E-state index in [0.29, 0.717) is 23.5 Å². The van der Waals surface area contributed by atoms with Gasteiger partial charge in [-0.2, -0.15) is 0 Å². The average Bonchev–Trinajstić information content (AvgIpc) is 3.51. The number of nitrogens with one attached hydrogen (secondary N) is 1. The van der Waals surface area contributed by atoms with E-state index in [4.69, 9.17) is 14.2 Å². The van der Waals surface area contributed by atoms with Crippen molar-refractivity contribution in [2.75, 3.05) is 27.9 Å². The van der Waals surface area contributed by atoms with Gasteiger partial charge in [-0.15, -0.1) is 0 Å². The number of amides is 1. The predicted octanol–water partition coefficient (Wildman–Crippen LogP) is 6.16. The third-order valence-corrected chi connectivity index (χ3v) is 7.89. The normalized spacial score (nSPS) is 16.7. The van der Waals surface area contributed by atoms with Crippen LogP contribution in [0.4, 0.5) is 0 Å². The molecule has 0 saturated carbocycles. The quantitative estimate of drug-likeness (QED) is 0.150. The smallest absolute Gasteiger partial charge is 0.295 e. The summed E-state index contributed by atoms with van der Waals surface area (Å²) in [5.41, 5.74) is 4.13. The Hall–Kier alpha value is -4.72. The summed E-state index contributed by atoms with van der Waals surface area (Å²) in [6.45, 7) is 6.65. The molecule has 1 aliphatic rings. The van der Waals surface area contributed by atoms with E-state index in [1.165, 1.54) is 14.2 Å². The molecule has 2 N–H and O–H groups in total. The van der Waals surface area contributed by atoms with Crippen molar-refractivity contribution >= 4 is 28.4 Å². The number of hydrogen-bond donors (Lipinski definition) is 2.